The standard InChI is InChI=1S/C19H20N4O/c20-11-18(15-8-5-12-3-1-2-4-14(12)9-15)21-19(24)17-10-16(22-23-17)13-6-7-13/h1-5,8-10,13,18H,6-7,11,20H2,(H,21,24)(H,22,23). The normalized spacial score (nSPS) is 15.4. The summed E-state index contributed by atoms with van der Waals surface area (Å²) >= 11 is 0. The van der Waals surface area contributed by atoms with Crippen LogP contribution in [0.15, 0.2) is 48.5 Å². The first-order valence-corrected chi connectivity index (χ1v) is 8.29. The van der Waals surface area contributed by atoms with Crippen molar-refractivity contribution in [2.24, 2.45) is 5.73 Å². The maximum absolute atomic E-state index is 12.5. The van der Waals surface area contributed by atoms with Crippen molar-refractivity contribution in [2.75, 3.05) is 6.54 Å². The van der Waals surface area contributed by atoms with Crippen molar-refractivity contribution in [1.29, 1.82) is 0 Å². The molecule has 4 N–H and O–H groups in total. The number of nitrogens with zero attached hydrogens (tertiary/aromatic N) is 1. The molecule has 122 valence electrons. The summed E-state index contributed by atoms with van der Waals surface area (Å²) < 4.78 is 0. The predicted molar refractivity (Wildman–Crippen MR) is 93.8 cm³/mol. The smallest absolute Gasteiger partial charge is 0.272 e. The van der Waals surface area contributed by atoms with E-state index in [1.807, 2.05) is 24.3 Å². The fourth-order valence-corrected chi connectivity index (χ4v) is 2.99. The summed E-state index contributed by atoms with van der Waals surface area (Å²) in [5, 5.41) is 12.4. The highest BCUT2D eigenvalue weighted by atomic mass is 16.2. The van der Waals surface area contributed by atoms with Gasteiger partial charge in [0.2, 0.25) is 0 Å². The molecule has 1 amide bonds. The van der Waals surface area contributed by atoms with Gasteiger partial charge >= 0.3 is 0 Å². The number of carbonyl (C=O) groups excluding carboxylic acids is 1. The van der Waals surface area contributed by atoms with Crippen LogP contribution >= 0.6 is 0 Å². The number of nitrogens with one attached hydrogen (secondary N) is 2. The molecule has 1 fully saturated rings. The van der Waals surface area contributed by atoms with Crippen LogP contribution < -0.4 is 11.1 Å². The van der Waals surface area contributed by atoms with Gasteiger partial charge in [-0.05, 0) is 41.3 Å². The van der Waals surface area contributed by atoms with Gasteiger partial charge in [-0.2, -0.15) is 5.10 Å². The summed E-state index contributed by atoms with van der Waals surface area (Å²) in [5.74, 6) is 0.353. The van der Waals surface area contributed by atoms with Crippen LogP contribution in [0.25, 0.3) is 10.8 Å². The highest BCUT2D eigenvalue weighted by Gasteiger charge is 2.27. The molecule has 4 rings (SSSR count). The zero-order chi connectivity index (χ0) is 16.5. The molecule has 5 nitrogen and oxygen atoms in total. The van der Waals surface area contributed by atoms with E-state index in [9.17, 15) is 4.79 Å². The number of aromatic nitrogens is 2. The Bertz CT molecular complexity index is 882. The van der Waals surface area contributed by atoms with Crippen molar-refractivity contribution in [1.82, 2.24) is 15.5 Å². The van der Waals surface area contributed by atoms with Crippen molar-refractivity contribution < 1.29 is 4.79 Å². The second-order valence-electron chi connectivity index (χ2n) is 6.35. The van der Waals surface area contributed by atoms with Gasteiger partial charge in [0.05, 0.1) is 6.04 Å². The van der Waals surface area contributed by atoms with Crippen LogP contribution in [-0.4, -0.2) is 22.6 Å². The minimum Gasteiger partial charge on any atom is -0.343 e. The van der Waals surface area contributed by atoms with E-state index < -0.39 is 0 Å². The lowest BCUT2D eigenvalue weighted by molar-refractivity contribution is 0.0933. The Morgan fingerprint density at radius 3 is 2.75 bits per heavy atom. The van der Waals surface area contributed by atoms with Gasteiger partial charge in [-0.15, -0.1) is 0 Å². The molecular formula is C19H20N4O. The quantitative estimate of drug-likeness (QED) is 0.676. The van der Waals surface area contributed by atoms with Crippen molar-refractivity contribution in [3.63, 3.8) is 0 Å². The van der Waals surface area contributed by atoms with Crippen molar-refractivity contribution in [3.05, 3.63) is 65.5 Å². The number of benzene rings is 2. The highest BCUT2D eigenvalue weighted by Crippen LogP contribution is 2.39. The van der Waals surface area contributed by atoms with Crippen LogP contribution in [0.1, 0.15) is 46.5 Å². The molecule has 0 aliphatic heterocycles. The van der Waals surface area contributed by atoms with E-state index in [0.717, 1.165) is 16.6 Å². The Kier molecular flexibility index (Phi) is 3.78. The van der Waals surface area contributed by atoms with E-state index in [1.54, 1.807) is 0 Å². The molecule has 1 atom stereocenters. The average Bonchev–Trinajstić information content (AvgIpc) is 3.36. The molecule has 0 bridgehead atoms. The van der Waals surface area contributed by atoms with Crippen LogP contribution in [0.4, 0.5) is 0 Å². The van der Waals surface area contributed by atoms with Gasteiger partial charge in [0.25, 0.3) is 5.91 Å². The third-order valence-corrected chi connectivity index (χ3v) is 4.56. The molecule has 1 aromatic heterocycles. The number of fused-ring (bicyclic) bond motifs is 1. The monoisotopic (exact) mass is 320 g/mol. The third-order valence-electron chi connectivity index (χ3n) is 4.56. The first kappa shape index (κ1) is 14.9. The van der Waals surface area contributed by atoms with Crippen LogP contribution in [0.5, 0.6) is 0 Å². The number of H-pyrrole nitrogens is 1. The van der Waals surface area contributed by atoms with Gasteiger partial charge in [-0.1, -0.05) is 36.4 Å². The highest BCUT2D eigenvalue weighted by molar-refractivity contribution is 5.93. The lowest BCUT2D eigenvalue weighted by Crippen LogP contribution is -2.33. The summed E-state index contributed by atoms with van der Waals surface area (Å²) in [5.41, 5.74) is 8.38. The second-order valence-corrected chi connectivity index (χ2v) is 6.35. The second kappa shape index (κ2) is 6.09. The van der Waals surface area contributed by atoms with Crippen LogP contribution in [0, 0.1) is 0 Å². The largest absolute Gasteiger partial charge is 0.343 e. The van der Waals surface area contributed by atoms with E-state index in [0.29, 0.717) is 18.2 Å². The SMILES string of the molecule is NCC(NC(=O)c1cc(C2CC2)[nH]n1)c1ccc2ccccc2c1. The molecule has 24 heavy (non-hydrogen) atoms. The minimum absolute atomic E-state index is 0.193. The zero-order valence-corrected chi connectivity index (χ0v) is 13.3. The number of hydrogen-bond donors (Lipinski definition) is 3. The van der Waals surface area contributed by atoms with Gasteiger partial charge in [0, 0.05) is 18.2 Å². The molecular weight excluding hydrogens is 300 g/mol. The van der Waals surface area contributed by atoms with Crippen LogP contribution in [0.3, 0.4) is 0 Å². The maximum atomic E-state index is 12.5. The average molecular weight is 320 g/mol. The Hall–Kier alpha value is -2.66. The Labute approximate surface area is 140 Å². The first-order valence-electron chi connectivity index (χ1n) is 8.29. The molecule has 3 aromatic rings. The van der Waals surface area contributed by atoms with Gasteiger partial charge < -0.3 is 11.1 Å². The van der Waals surface area contributed by atoms with E-state index in [-0.39, 0.29) is 11.9 Å². The summed E-state index contributed by atoms with van der Waals surface area (Å²) in [4.78, 5) is 12.5. The van der Waals surface area contributed by atoms with Crippen molar-refractivity contribution in [2.45, 2.75) is 24.8 Å². The van der Waals surface area contributed by atoms with Crippen molar-refractivity contribution in [3.8, 4) is 0 Å². The summed E-state index contributed by atoms with van der Waals surface area (Å²) in [7, 11) is 0. The van der Waals surface area contributed by atoms with Crippen LogP contribution in [-0.2, 0) is 0 Å². The molecule has 0 spiro atoms. The Morgan fingerprint density at radius 2 is 2.00 bits per heavy atom. The Morgan fingerprint density at radius 1 is 1.21 bits per heavy atom. The number of nitrogens with two attached hydrogens (primary N) is 1. The molecule has 0 radical (unpaired) electrons. The lowest BCUT2D eigenvalue weighted by atomic mass is 10.0. The first-order chi connectivity index (χ1) is 11.7. The number of hydrogen-bond acceptors (Lipinski definition) is 3. The molecule has 1 unspecified atom stereocenters. The summed E-state index contributed by atoms with van der Waals surface area (Å²) in [6, 6.07) is 15.9. The van der Waals surface area contributed by atoms with E-state index in [2.05, 4.69) is 39.8 Å². The van der Waals surface area contributed by atoms with Crippen LogP contribution in [0.2, 0.25) is 0 Å². The summed E-state index contributed by atoms with van der Waals surface area (Å²) in [6.45, 7) is 0.337. The Balaban J connectivity index is 1.54. The van der Waals surface area contributed by atoms with Gasteiger partial charge in [-0.3, -0.25) is 9.89 Å². The third kappa shape index (κ3) is 2.90. The minimum atomic E-state index is -0.233. The molecule has 1 aliphatic carbocycles. The van der Waals surface area contributed by atoms with Gasteiger partial charge in [-0.25, -0.2) is 0 Å². The zero-order valence-electron chi connectivity index (χ0n) is 13.3. The molecule has 1 saturated carbocycles. The van der Waals surface area contributed by atoms with E-state index >= 15 is 0 Å². The molecule has 5 heteroatoms. The number of rotatable bonds is 5. The number of carbonyl (C=O) groups is 1. The lowest BCUT2D eigenvalue weighted by Gasteiger charge is -2.17. The number of aromatic amines is 1. The number of amides is 1. The molecule has 1 aliphatic rings. The maximum Gasteiger partial charge on any atom is 0.272 e. The fourth-order valence-electron chi connectivity index (χ4n) is 2.99. The topological polar surface area (TPSA) is 83.8 Å². The van der Waals surface area contributed by atoms with E-state index in [4.69, 9.17) is 5.73 Å². The van der Waals surface area contributed by atoms with Gasteiger partial charge in [0.1, 0.15) is 5.69 Å². The molecule has 0 saturated heterocycles. The predicted octanol–water partition coefficient (Wildman–Crippen LogP) is 2.87. The van der Waals surface area contributed by atoms with Gasteiger partial charge in [0.15, 0.2) is 0 Å². The molecule has 2 aromatic carbocycles. The fraction of sp³-hybridized carbons (Fsp3) is 0.263. The summed E-state index contributed by atoms with van der Waals surface area (Å²) in [6.07, 6.45) is 2.34. The van der Waals surface area contributed by atoms with Crippen molar-refractivity contribution >= 4 is 16.7 Å². The van der Waals surface area contributed by atoms with E-state index in [1.165, 1.54) is 18.2 Å². The molecule has 1 heterocycles.